The molecule has 4 rings (SSSR count). The number of aromatic nitrogens is 4. The smallest absolute Gasteiger partial charge is 0.333 e. The number of carbonyl (C=O) groups is 1. The van der Waals surface area contributed by atoms with E-state index in [0.29, 0.717) is 41.3 Å². The number of rotatable bonds is 4. The van der Waals surface area contributed by atoms with E-state index in [2.05, 4.69) is 21.1 Å². The van der Waals surface area contributed by atoms with Crippen LogP contribution in [0.25, 0.3) is 11.4 Å². The van der Waals surface area contributed by atoms with Crippen molar-refractivity contribution in [3.05, 3.63) is 24.2 Å². The predicted octanol–water partition coefficient (Wildman–Crippen LogP) is 2.05. The van der Waals surface area contributed by atoms with Crippen LogP contribution in [0.1, 0.15) is 31.9 Å². The van der Waals surface area contributed by atoms with Crippen LogP contribution in [0.5, 0.6) is 0 Å². The van der Waals surface area contributed by atoms with Crippen molar-refractivity contribution in [3.8, 4) is 17.5 Å². The van der Waals surface area contributed by atoms with E-state index in [1.54, 1.807) is 0 Å². The van der Waals surface area contributed by atoms with Crippen LogP contribution in [0.3, 0.4) is 0 Å². The van der Waals surface area contributed by atoms with E-state index in [9.17, 15) is 18.8 Å². The molecule has 2 aliphatic rings. The molecule has 146 valence electrons. The zero-order valence-corrected chi connectivity index (χ0v) is 15.3. The first-order valence-electron chi connectivity index (χ1n) is 9.13. The summed E-state index contributed by atoms with van der Waals surface area (Å²) in [5, 5.41) is 13.0. The van der Waals surface area contributed by atoms with Gasteiger partial charge in [0.15, 0.2) is 11.6 Å². The SMILES string of the molecule is C[C@@H]1CN(c2nc(-c3cnn(C(F)F)c3)ncc2C#N)CCN1C(=O)C1CC1. The second-order valence-electron chi connectivity index (χ2n) is 7.13. The first kappa shape index (κ1) is 18.3. The molecule has 0 radical (unpaired) electrons. The molecule has 1 saturated carbocycles. The van der Waals surface area contributed by atoms with Gasteiger partial charge in [-0.15, -0.1) is 0 Å². The minimum atomic E-state index is -2.75. The molecule has 0 aromatic carbocycles. The molecule has 1 aliphatic heterocycles. The molecule has 0 N–H and O–H groups in total. The minimum Gasteiger partial charge on any atom is -0.352 e. The highest BCUT2D eigenvalue weighted by Gasteiger charge is 2.37. The molecule has 28 heavy (non-hydrogen) atoms. The zero-order chi connectivity index (χ0) is 19.8. The van der Waals surface area contributed by atoms with Crippen molar-refractivity contribution >= 4 is 11.7 Å². The van der Waals surface area contributed by atoms with E-state index >= 15 is 0 Å². The summed E-state index contributed by atoms with van der Waals surface area (Å²) in [6.45, 7) is 0.881. The Morgan fingerprint density at radius 2 is 2.11 bits per heavy atom. The van der Waals surface area contributed by atoms with Gasteiger partial charge in [0.25, 0.3) is 0 Å². The van der Waals surface area contributed by atoms with Crippen molar-refractivity contribution in [3.63, 3.8) is 0 Å². The monoisotopic (exact) mass is 387 g/mol. The lowest BCUT2D eigenvalue weighted by Gasteiger charge is -2.40. The second kappa shape index (κ2) is 7.14. The number of carbonyl (C=O) groups excluding carboxylic acids is 1. The van der Waals surface area contributed by atoms with Crippen molar-refractivity contribution in [1.82, 2.24) is 24.6 Å². The van der Waals surface area contributed by atoms with Gasteiger partial charge in [-0.3, -0.25) is 4.79 Å². The molecule has 1 atom stereocenters. The third-order valence-corrected chi connectivity index (χ3v) is 5.09. The molecule has 0 spiro atoms. The summed E-state index contributed by atoms with van der Waals surface area (Å²) in [5.74, 6) is 1.05. The highest BCUT2D eigenvalue weighted by Crippen LogP contribution is 2.33. The molecule has 1 aliphatic carbocycles. The van der Waals surface area contributed by atoms with Gasteiger partial charge in [0.05, 0.1) is 18.0 Å². The summed E-state index contributed by atoms with van der Waals surface area (Å²) in [7, 11) is 0. The number of halogens is 2. The first-order valence-corrected chi connectivity index (χ1v) is 9.13. The van der Waals surface area contributed by atoms with Crippen molar-refractivity contribution in [2.45, 2.75) is 32.4 Å². The van der Waals surface area contributed by atoms with Crippen LogP contribution in [0, 0.1) is 17.2 Å². The van der Waals surface area contributed by atoms with Gasteiger partial charge in [-0.1, -0.05) is 0 Å². The molecule has 0 bridgehead atoms. The summed E-state index contributed by atoms with van der Waals surface area (Å²) in [6, 6.07) is 2.08. The van der Waals surface area contributed by atoms with Gasteiger partial charge in [0.1, 0.15) is 11.6 Å². The van der Waals surface area contributed by atoms with E-state index in [1.165, 1.54) is 18.6 Å². The number of anilines is 1. The maximum atomic E-state index is 12.8. The number of nitriles is 1. The van der Waals surface area contributed by atoms with Crippen LogP contribution in [0.2, 0.25) is 0 Å². The molecule has 1 amide bonds. The number of hydrogen-bond acceptors (Lipinski definition) is 6. The maximum absolute atomic E-state index is 12.8. The minimum absolute atomic E-state index is 0.00612. The van der Waals surface area contributed by atoms with Crippen molar-refractivity contribution < 1.29 is 13.6 Å². The number of piperazine rings is 1. The lowest BCUT2D eigenvalue weighted by molar-refractivity contribution is -0.134. The lowest BCUT2D eigenvalue weighted by atomic mass is 10.1. The summed E-state index contributed by atoms with van der Waals surface area (Å²) in [6.07, 6.45) is 5.76. The number of alkyl halides is 2. The Morgan fingerprint density at radius 1 is 1.32 bits per heavy atom. The fourth-order valence-electron chi connectivity index (χ4n) is 3.43. The predicted molar refractivity (Wildman–Crippen MR) is 95.3 cm³/mol. The van der Waals surface area contributed by atoms with Crippen molar-refractivity contribution in [2.75, 3.05) is 24.5 Å². The molecule has 0 unspecified atom stereocenters. The molecule has 2 aromatic heterocycles. The van der Waals surface area contributed by atoms with Crippen molar-refractivity contribution in [2.24, 2.45) is 5.92 Å². The molecular weight excluding hydrogens is 368 g/mol. The van der Waals surface area contributed by atoms with Gasteiger partial charge in [0, 0.05) is 37.8 Å². The molecule has 8 nitrogen and oxygen atoms in total. The van der Waals surface area contributed by atoms with Crippen LogP contribution in [0.15, 0.2) is 18.6 Å². The number of amides is 1. The molecule has 2 aromatic rings. The Bertz CT molecular complexity index is 934. The Kier molecular flexibility index (Phi) is 4.66. The van der Waals surface area contributed by atoms with E-state index < -0.39 is 6.55 Å². The number of nitrogens with zero attached hydrogens (tertiary/aromatic N) is 7. The average molecular weight is 387 g/mol. The summed E-state index contributed by atoms with van der Waals surface area (Å²) >= 11 is 0. The Balaban J connectivity index is 1.58. The Labute approximate surface area is 160 Å². The van der Waals surface area contributed by atoms with E-state index in [0.717, 1.165) is 12.8 Å². The van der Waals surface area contributed by atoms with Gasteiger partial charge in [0.2, 0.25) is 5.91 Å². The maximum Gasteiger partial charge on any atom is 0.333 e. The normalized spacial score (nSPS) is 19.8. The van der Waals surface area contributed by atoms with Gasteiger partial charge in [-0.25, -0.2) is 14.6 Å². The molecule has 2 fully saturated rings. The summed E-state index contributed by atoms with van der Waals surface area (Å²) in [4.78, 5) is 24.8. The highest BCUT2D eigenvalue weighted by atomic mass is 19.3. The van der Waals surface area contributed by atoms with Crippen molar-refractivity contribution in [1.29, 1.82) is 5.26 Å². The third-order valence-electron chi connectivity index (χ3n) is 5.09. The topological polar surface area (TPSA) is 90.9 Å². The first-order chi connectivity index (χ1) is 13.5. The Morgan fingerprint density at radius 3 is 2.71 bits per heavy atom. The molecule has 1 saturated heterocycles. The third kappa shape index (κ3) is 3.40. The van der Waals surface area contributed by atoms with E-state index in [4.69, 9.17) is 0 Å². The van der Waals surface area contributed by atoms with Crippen LogP contribution >= 0.6 is 0 Å². The standard InChI is InChI=1S/C18H19F2N7O/c1-11-9-25(4-5-26(11)17(28)12-2-3-12)16-13(6-21)7-22-15(24-16)14-8-23-27(10-14)18(19)20/h7-8,10-12,18H,2-5,9H2,1H3/t11-/m1/s1. The lowest BCUT2D eigenvalue weighted by Crippen LogP contribution is -2.54. The largest absolute Gasteiger partial charge is 0.352 e. The highest BCUT2D eigenvalue weighted by molar-refractivity contribution is 5.81. The fraction of sp³-hybridized carbons (Fsp3) is 0.500. The fourth-order valence-corrected chi connectivity index (χ4v) is 3.43. The molecule has 3 heterocycles. The summed E-state index contributed by atoms with van der Waals surface area (Å²) in [5.41, 5.74) is 0.654. The molecular formula is C18H19F2N7O. The zero-order valence-electron chi connectivity index (χ0n) is 15.3. The quantitative estimate of drug-likeness (QED) is 0.798. The average Bonchev–Trinajstić information content (AvgIpc) is 3.42. The van der Waals surface area contributed by atoms with Gasteiger partial charge < -0.3 is 9.80 Å². The van der Waals surface area contributed by atoms with Gasteiger partial charge in [-0.2, -0.15) is 19.1 Å². The second-order valence-corrected chi connectivity index (χ2v) is 7.13. The van der Waals surface area contributed by atoms with Crippen LogP contribution in [-0.4, -0.2) is 56.2 Å². The Hall–Kier alpha value is -3.09. The van der Waals surface area contributed by atoms with E-state index in [-0.39, 0.29) is 23.7 Å². The van der Waals surface area contributed by atoms with Crippen LogP contribution in [0.4, 0.5) is 14.6 Å². The van der Waals surface area contributed by atoms with Crippen LogP contribution in [-0.2, 0) is 4.79 Å². The van der Waals surface area contributed by atoms with E-state index in [1.807, 2.05) is 16.7 Å². The number of hydrogen-bond donors (Lipinski definition) is 0. The summed E-state index contributed by atoms with van der Waals surface area (Å²) < 4.78 is 26.1. The van der Waals surface area contributed by atoms with Crippen LogP contribution < -0.4 is 4.90 Å². The van der Waals surface area contributed by atoms with Gasteiger partial charge in [-0.05, 0) is 19.8 Å². The van der Waals surface area contributed by atoms with Gasteiger partial charge >= 0.3 is 6.55 Å². The molecule has 10 heteroatoms.